The largest absolute Gasteiger partial charge is 0.368 e. The maximum Gasteiger partial charge on any atom is 0.247 e. The van der Waals surface area contributed by atoms with Crippen LogP contribution in [0.25, 0.3) is 0 Å². The average molecular weight is 390 g/mol. The van der Waals surface area contributed by atoms with E-state index in [9.17, 15) is 4.39 Å². The molecule has 0 saturated carbocycles. The van der Waals surface area contributed by atoms with Crippen molar-refractivity contribution in [3.63, 3.8) is 0 Å². The van der Waals surface area contributed by atoms with Gasteiger partial charge in [-0.3, -0.25) is 0 Å². The molecular weight excluding hydrogens is 367 g/mol. The summed E-state index contributed by atoms with van der Waals surface area (Å²) in [7, 11) is 0. The van der Waals surface area contributed by atoms with Crippen molar-refractivity contribution < 1.29 is 4.39 Å². The van der Waals surface area contributed by atoms with Crippen LogP contribution >= 0.6 is 0 Å². The molecule has 148 valence electrons. The summed E-state index contributed by atoms with van der Waals surface area (Å²) in [4.78, 5) is 11.5. The van der Waals surface area contributed by atoms with Crippen molar-refractivity contribution in [2.24, 2.45) is 0 Å². The highest BCUT2D eigenvalue weighted by atomic mass is 19.1. The number of nitrogens with zero attached hydrogens (tertiary/aromatic N) is 6. The van der Waals surface area contributed by atoms with E-state index in [-0.39, 0.29) is 5.82 Å². The van der Waals surface area contributed by atoms with Gasteiger partial charge in [-0.05, 0) is 41.8 Å². The normalized spacial score (nSPS) is 16.7. The highest BCUT2D eigenvalue weighted by molar-refractivity contribution is 5.50. The van der Waals surface area contributed by atoms with E-state index in [0.29, 0.717) is 5.95 Å². The molecule has 1 aromatic heterocycles. The smallest absolute Gasteiger partial charge is 0.247 e. The van der Waals surface area contributed by atoms with E-state index in [1.54, 1.807) is 6.20 Å². The molecule has 1 saturated heterocycles. The lowest BCUT2D eigenvalue weighted by atomic mass is 10.0. The number of fused-ring (bicyclic) bond motifs is 1. The first-order chi connectivity index (χ1) is 14.3. The Morgan fingerprint density at radius 1 is 0.759 bits per heavy atom. The van der Waals surface area contributed by atoms with Crippen LogP contribution in [-0.2, 0) is 13.0 Å². The predicted octanol–water partition coefficient (Wildman–Crippen LogP) is 2.90. The number of benzene rings is 2. The molecule has 0 radical (unpaired) electrons. The summed E-state index contributed by atoms with van der Waals surface area (Å²) in [6.07, 6.45) is 2.75. The van der Waals surface area contributed by atoms with Gasteiger partial charge in [-0.15, -0.1) is 5.10 Å². The minimum atomic E-state index is -0.202. The lowest BCUT2D eigenvalue weighted by molar-refractivity contribution is 0.623. The van der Waals surface area contributed by atoms with Crippen LogP contribution in [0.4, 0.5) is 21.8 Å². The van der Waals surface area contributed by atoms with Gasteiger partial charge in [-0.2, -0.15) is 10.1 Å². The summed E-state index contributed by atoms with van der Waals surface area (Å²) in [5.41, 5.74) is 3.80. The van der Waals surface area contributed by atoms with E-state index in [1.165, 1.54) is 23.3 Å². The minimum absolute atomic E-state index is 0.202. The van der Waals surface area contributed by atoms with Crippen LogP contribution in [-0.4, -0.2) is 47.9 Å². The van der Waals surface area contributed by atoms with Gasteiger partial charge in [0.1, 0.15) is 5.82 Å². The molecule has 0 bridgehead atoms. The Morgan fingerprint density at radius 2 is 1.48 bits per heavy atom. The zero-order valence-corrected chi connectivity index (χ0v) is 16.2. The molecule has 6 nitrogen and oxygen atoms in total. The van der Waals surface area contributed by atoms with Crippen molar-refractivity contribution in [1.29, 1.82) is 0 Å². The first-order valence-electron chi connectivity index (χ1n) is 10.0. The fourth-order valence-corrected chi connectivity index (χ4v) is 4.08. The molecule has 0 spiro atoms. The Morgan fingerprint density at radius 3 is 2.28 bits per heavy atom. The maximum absolute atomic E-state index is 13.2. The van der Waals surface area contributed by atoms with Crippen molar-refractivity contribution in [1.82, 2.24) is 15.2 Å². The first-order valence-corrected chi connectivity index (χ1v) is 10.0. The zero-order chi connectivity index (χ0) is 19.6. The third-order valence-electron chi connectivity index (χ3n) is 5.74. The molecule has 1 fully saturated rings. The van der Waals surface area contributed by atoms with Crippen LogP contribution in [0, 0.1) is 5.82 Å². The summed E-state index contributed by atoms with van der Waals surface area (Å²) in [6.45, 7) is 5.14. The van der Waals surface area contributed by atoms with Crippen molar-refractivity contribution in [3.05, 3.63) is 71.7 Å². The van der Waals surface area contributed by atoms with Gasteiger partial charge >= 0.3 is 0 Å². The zero-order valence-electron chi connectivity index (χ0n) is 16.2. The molecule has 0 unspecified atom stereocenters. The van der Waals surface area contributed by atoms with Crippen molar-refractivity contribution in [3.8, 4) is 0 Å². The number of aromatic nitrogens is 3. The molecule has 2 aliphatic rings. The van der Waals surface area contributed by atoms with Crippen molar-refractivity contribution >= 4 is 17.5 Å². The lowest BCUT2D eigenvalue weighted by Crippen LogP contribution is -2.47. The topological polar surface area (TPSA) is 48.4 Å². The molecule has 2 aromatic carbocycles. The van der Waals surface area contributed by atoms with E-state index >= 15 is 0 Å². The summed E-state index contributed by atoms with van der Waals surface area (Å²) in [5.74, 6) is 1.36. The van der Waals surface area contributed by atoms with Crippen LogP contribution in [0.3, 0.4) is 0 Å². The molecule has 0 N–H and O–H groups in total. The molecule has 0 atom stereocenters. The van der Waals surface area contributed by atoms with Crippen LogP contribution in [0.2, 0.25) is 0 Å². The van der Waals surface area contributed by atoms with Gasteiger partial charge in [0, 0.05) is 45.0 Å². The summed E-state index contributed by atoms with van der Waals surface area (Å²) < 4.78 is 13.2. The van der Waals surface area contributed by atoms with Crippen molar-refractivity contribution in [2.75, 3.05) is 47.4 Å². The van der Waals surface area contributed by atoms with Crippen molar-refractivity contribution in [2.45, 2.75) is 13.0 Å². The van der Waals surface area contributed by atoms with Gasteiger partial charge in [0.2, 0.25) is 5.95 Å². The van der Waals surface area contributed by atoms with Gasteiger partial charge in [-0.25, -0.2) is 4.39 Å². The Labute approximate surface area is 169 Å². The number of hydrogen-bond acceptors (Lipinski definition) is 6. The molecule has 29 heavy (non-hydrogen) atoms. The van der Waals surface area contributed by atoms with E-state index in [2.05, 4.69) is 49.2 Å². The quantitative estimate of drug-likeness (QED) is 0.685. The summed E-state index contributed by atoms with van der Waals surface area (Å²) in [6, 6.07) is 15.2. The SMILES string of the molecule is Fc1ccc(N2CCN(c3cnnc(N4CCc5ccccc5C4)n3)CC2)cc1. The van der Waals surface area contributed by atoms with Crippen LogP contribution in [0.15, 0.2) is 54.7 Å². The molecule has 3 aromatic rings. The molecular formula is C22H23FN6. The van der Waals surface area contributed by atoms with E-state index in [0.717, 1.165) is 57.2 Å². The van der Waals surface area contributed by atoms with Crippen LogP contribution < -0.4 is 14.7 Å². The fourth-order valence-electron chi connectivity index (χ4n) is 4.08. The molecule has 0 amide bonds. The number of rotatable bonds is 3. The fraction of sp³-hybridized carbons (Fsp3) is 0.318. The van der Waals surface area contributed by atoms with E-state index < -0.39 is 0 Å². The first kappa shape index (κ1) is 17.8. The molecule has 0 aliphatic carbocycles. The average Bonchev–Trinajstić information content (AvgIpc) is 2.79. The number of piperazine rings is 1. The second kappa shape index (κ2) is 7.66. The standard InChI is InChI=1S/C22H23FN6/c23-19-5-7-20(8-6-19)27-11-13-28(14-12-27)21-15-24-26-22(25-21)29-10-9-17-3-1-2-4-18(17)16-29/h1-8,15H,9-14,16H2. The van der Waals surface area contributed by atoms with Crippen LogP contribution in [0.1, 0.15) is 11.1 Å². The van der Waals surface area contributed by atoms with Gasteiger partial charge in [-0.1, -0.05) is 24.3 Å². The second-order valence-electron chi connectivity index (χ2n) is 7.51. The highest BCUT2D eigenvalue weighted by Gasteiger charge is 2.22. The molecule has 5 rings (SSSR count). The molecule has 7 heteroatoms. The predicted molar refractivity (Wildman–Crippen MR) is 112 cm³/mol. The molecule has 2 aliphatic heterocycles. The van der Waals surface area contributed by atoms with Crippen LogP contribution in [0.5, 0.6) is 0 Å². The van der Waals surface area contributed by atoms with Gasteiger partial charge in [0.25, 0.3) is 0 Å². The summed E-state index contributed by atoms with van der Waals surface area (Å²) >= 11 is 0. The number of halogens is 1. The van der Waals surface area contributed by atoms with Gasteiger partial charge < -0.3 is 14.7 Å². The summed E-state index contributed by atoms with van der Waals surface area (Å²) in [5, 5.41) is 8.52. The van der Waals surface area contributed by atoms with Gasteiger partial charge in [0.15, 0.2) is 5.82 Å². The van der Waals surface area contributed by atoms with E-state index in [4.69, 9.17) is 4.98 Å². The third-order valence-corrected chi connectivity index (χ3v) is 5.74. The minimum Gasteiger partial charge on any atom is -0.368 e. The van der Waals surface area contributed by atoms with E-state index in [1.807, 2.05) is 12.1 Å². The Hall–Kier alpha value is -3.22. The second-order valence-corrected chi connectivity index (χ2v) is 7.51. The Bertz CT molecular complexity index is 985. The Balaban J connectivity index is 1.27. The highest BCUT2D eigenvalue weighted by Crippen LogP contribution is 2.24. The monoisotopic (exact) mass is 390 g/mol. The maximum atomic E-state index is 13.2. The lowest BCUT2D eigenvalue weighted by Gasteiger charge is -2.37. The number of hydrogen-bond donors (Lipinski definition) is 0. The Kier molecular flexibility index (Phi) is 4.71. The third kappa shape index (κ3) is 3.72. The molecule has 3 heterocycles. The van der Waals surface area contributed by atoms with Gasteiger partial charge in [0.05, 0.1) is 6.20 Å². The number of anilines is 3.